The number of hydrogen-bond donors (Lipinski definition) is 1. The number of rotatable bonds is 2. The lowest BCUT2D eigenvalue weighted by Gasteiger charge is -2.41. The second-order valence-corrected chi connectivity index (χ2v) is 8.54. The Labute approximate surface area is 155 Å². The van der Waals surface area contributed by atoms with E-state index in [1.165, 1.54) is 0 Å². The number of carbonyl (C=O) groups is 2. The first-order valence-corrected chi connectivity index (χ1v) is 9.24. The highest BCUT2D eigenvalue weighted by Crippen LogP contribution is 2.35. The number of likely N-dealkylation sites (tertiary alicyclic amines) is 1. The van der Waals surface area contributed by atoms with Crippen molar-refractivity contribution >= 4 is 11.8 Å². The van der Waals surface area contributed by atoms with Gasteiger partial charge < -0.3 is 19.9 Å². The van der Waals surface area contributed by atoms with E-state index in [1.807, 2.05) is 39.0 Å². The molecule has 0 aliphatic carbocycles. The molecule has 0 bridgehead atoms. The third-order valence-corrected chi connectivity index (χ3v) is 4.96. The van der Waals surface area contributed by atoms with Crippen LogP contribution < -0.4 is 10.1 Å². The van der Waals surface area contributed by atoms with E-state index < -0.39 is 5.60 Å². The van der Waals surface area contributed by atoms with Crippen LogP contribution in [0.15, 0.2) is 24.3 Å². The van der Waals surface area contributed by atoms with Crippen LogP contribution in [0, 0.1) is 0 Å². The van der Waals surface area contributed by atoms with Crippen LogP contribution in [0.2, 0.25) is 0 Å². The summed E-state index contributed by atoms with van der Waals surface area (Å²) in [6.07, 6.45) is 1.67. The molecule has 2 amide bonds. The fourth-order valence-electron chi connectivity index (χ4n) is 3.63. The normalized spacial score (nSPS) is 20.3. The standard InChI is InChI=1S/C20H29N3O3/c1-19(2,3)21-17(24)13-23-14-20(9-11-22(4)12-10-20)26-16-8-6-5-7-15(16)18(23)25/h5-8H,9-14H2,1-4H3,(H,21,24). The highest BCUT2D eigenvalue weighted by atomic mass is 16.5. The van der Waals surface area contributed by atoms with E-state index in [9.17, 15) is 9.59 Å². The van der Waals surface area contributed by atoms with Gasteiger partial charge in [-0.05, 0) is 40.0 Å². The van der Waals surface area contributed by atoms with Crippen molar-refractivity contribution in [2.75, 3.05) is 33.2 Å². The topological polar surface area (TPSA) is 61.9 Å². The molecule has 1 spiro atoms. The quantitative estimate of drug-likeness (QED) is 0.876. The maximum Gasteiger partial charge on any atom is 0.258 e. The van der Waals surface area contributed by atoms with Crippen LogP contribution in [-0.4, -0.2) is 66.0 Å². The van der Waals surface area contributed by atoms with Gasteiger partial charge in [0.2, 0.25) is 5.91 Å². The number of nitrogens with one attached hydrogen (secondary N) is 1. The molecule has 6 nitrogen and oxygen atoms in total. The number of hydrogen-bond acceptors (Lipinski definition) is 4. The van der Waals surface area contributed by atoms with Gasteiger partial charge in [0.25, 0.3) is 5.91 Å². The smallest absolute Gasteiger partial charge is 0.258 e. The number of carbonyl (C=O) groups excluding carboxylic acids is 2. The molecule has 0 unspecified atom stereocenters. The van der Waals surface area contributed by atoms with Crippen LogP contribution in [-0.2, 0) is 4.79 Å². The molecule has 1 aromatic rings. The van der Waals surface area contributed by atoms with Crippen molar-refractivity contribution in [3.8, 4) is 5.75 Å². The first-order chi connectivity index (χ1) is 12.2. The molecule has 0 aromatic heterocycles. The third-order valence-electron chi connectivity index (χ3n) is 4.96. The van der Waals surface area contributed by atoms with Crippen molar-refractivity contribution in [1.29, 1.82) is 0 Å². The first-order valence-electron chi connectivity index (χ1n) is 9.24. The summed E-state index contributed by atoms with van der Waals surface area (Å²) in [5.41, 5.74) is -0.227. The summed E-state index contributed by atoms with van der Waals surface area (Å²) >= 11 is 0. The molecule has 1 saturated heterocycles. The zero-order valence-corrected chi connectivity index (χ0v) is 16.2. The van der Waals surface area contributed by atoms with Gasteiger partial charge in [-0.2, -0.15) is 0 Å². The van der Waals surface area contributed by atoms with Gasteiger partial charge in [0.05, 0.1) is 12.1 Å². The highest BCUT2D eigenvalue weighted by Gasteiger charge is 2.42. The predicted octanol–water partition coefficient (Wildman–Crippen LogP) is 1.90. The van der Waals surface area contributed by atoms with Crippen LogP contribution in [0.5, 0.6) is 5.75 Å². The molecule has 2 aliphatic heterocycles. The molecule has 1 aromatic carbocycles. The summed E-state index contributed by atoms with van der Waals surface area (Å²) in [5, 5.41) is 2.95. The molecule has 142 valence electrons. The monoisotopic (exact) mass is 359 g/mol. The van der Waals surface area contributed by atoms with Crippen molar-refractivity contribution < 1.29 is 14.3 Å². The fraction of sp³-hybridized carbons (Fsp3) is 0.600. The van der Waals surface area contributed by atoms with E-state index in [4.69, 9.17) is 4.74 Å². The Hall–Kier alpha value is -2.08. The molecule has 2 aliphatic rings. The summed E-state index contributed by atoms with van der Waals surface area (Å²) in [7, 11) is 2.09. The molecule has 6 heteroatoms. The fourth-order valence-corrected chi connectivity index (χ4v) is 3.63. The summed E-state index contributed by atoms with van der Waals surface area (Å²) < 4.78 is 6.40. The number of amides is 2. The molecule has 1 fully saturated rings. The van der Waals surface area contributed by atoms with Gasteiger partial charge in [-0.3, -0.25) is 9.59 Å². The van der Waals surface area contributed by atoms with E-state index in [1.54, 1.807) is 11.0 Å². The first kappa shape index (κ1) is 18.7. The van der Waals surface area contributed by atoms with Crippen LogP contribution >= 0.6 is 0 Å². The minimum Gasteiger partial charge on any atom is -0.484 e. The van der Waals surface area contributed by atoms with Crippen molar-refractivity contribution in [2.24, 2.45) is 0 Å². The molecule has 0 atom stereocenters. The Morgan fingerprint density at radius 1 is 1.23 bits per heavy atom. The SMILES string of the molecule is CN1CCC2(CC1)CN(CC(=O)NC(C)(C)C)C(=O)c1ccccc1O2. The molecule has 0 saturated carbocycles. The van der Waals surface area contributed by atoms with E-state index >= 15 is 0 Å². The molecular formula is C20H29N3O3. The van der Waals surface area contributed by atoms with Crippen molar-refractivity contribution in [1.82, 2.24) is 15.1 Å². The predicted molar refractivity (Wildman–Crippen MR) is 100 cm³/mol. The Morgan fingerprint density at radius 3 is 2.54 bits per heavy atom. The summed E-state index contributed by atoms with van der Waals surface area (Å²) in [6, 6.07) is 7.35. The lowest BCUT2D eigenvalue weighted by atomic mass is 9.90. The lowest BCUT2D eigenvalue weighted by molar-refractivity contribution is -0.123. The minimum atomic E-state index is -0.434. The average molecular weight is 359 g/mol. The Kier molecular flexibility index (Phi) is 4.97. The Balaban J connectivity index is 1.88. The number of ether oxygens (including phenoxy) is 1. The van der Waals surface area contributed by atoms with Crippen LogP contribution in [0.25, 0.3) is 0 Å². The zero-order chi connectivity index (χ0) is 18.9. The Bertz CT molecular complexity index is 688. The molecular weight excluding hydrogens is 330 g/mol. The summed E-state index contributed by atoms with van der Waals surface area (Å²) in [5.74, 6) is 0.342. The number of fused-ring (bicyclic) bond motifs is 1. The molecule has 3 rings (SSSR count). The van der Waals surface area contributed by atoms with Gasteiger partial charge in [0.1, 0.15) is 17.9 Å². The van der Waals surface area contributed by atoms with Crippen molar-refractivity contribution in [3.05, 3.63) is 29.8 Å². The minimum absolute atomic E-state index is 0.0470. The Morgan fingerprint density at radius 2 is 1.88 bits per heavy atom. The van der Waals surface area contributed by atoms with Crippen molar-refractivity contribution in [3.63, 3.8) is 0 Å². The number of piperidine rings is 1. The highest BCUT2D eigenvalue weighted by molar-refractivity contribution is 5.99. The second-order valence-electron chi connectivity index (χ2n) is 8.54. The largest absolute Gasteiger partial charge is 0.484 e. The van der Waals surface area contributed by atoms with Crippen LogP contribution in [0.1, 0.15) is 44.0 Å². The van der Waals surface area contributed by atoms with Gasteiger partial charge in [-0.25, -0.2) is 0 Å². The molecule has 2 heterocycles. The number of para-hydroxylation sites is 1. The van der Waals surface area contributed by atoms with Gasteiger partial charge in [-0.15, -0.1) is 0 Å². The van der Waals surface area contributed by atoms with Gasteiger partial charge >= 0.3 is 0 Å². The molecule has 0 radical (unpaired) electrons. The zero-order valence-electron chi connectivity index (χ0n) is 16.2. The third kappa shape index (κ3) is 4.18. The van der Waals surface area contributed by atoms with E-state index in [-0.39, 0.29) is 23.9 Å². The molecule has 26 heavy (non-hydrogen) atoms. The van der Waals surface area contributed by atoms with Crippen molar-refractivity contribution in [2.45, 2.75) is 44.8 Å². The molecule has 1 N–H and O–H groups in total. The van der Waals surface area contributed by atoms with E-state index in [2.05, 4.69) is 17.3 Å². The van der Waals surface area contributed by atoms with E-state index in [0.717, 1.165) is 25.9 Å². The maximum absolute atomic E-state index is 13.1. The number of nitrogens with zero attached hydrogens (tertiary/aromatic N) is 2. The van der Waals surface area contributed by atoms with Gasteiger partial charge in [-0.1, -0.05) is 12.1 Å². The summed E-state index contributed by atoms with van der Waals surface area (Å²) in [4.78, 5) is 29.5. The number of benzene rings is 1. The van der Waals surface area contributed by atoms with Gasteiger partial charge in [0.15, 0.2) is 0 Å². The van der Waals surface area contributed by atoms with Crippen LogP contribution in [0.4, 0.5) is 0 Å². The summed E-state index contributed by atoms with van der Waals surface area (Å²) in [6.45, 7) is 8.12. The second kappa shape index (κ2) is 6.91. The maximum atomic E-state index is 13.1. The van der Waals surface area contributed by atoms with E-state index in [0.29, 0.717) is 17.9 Å². The lowest BCUT2D eigenvalue weighted by Crippen LogP contribution is -2.55. The van der Waals surface area contributed by atoms with Crippen LogP contribution in [0.3, 0.4) is 0 Å². The average Bonchev–Trinajstić information content (AvgIpc) is 2.65. The van der Waals surface area contributed by atoms with Gasteiger partial charge in [0, 0.05) is 31.5 Å².